The molecule has 0 rings (SSSR count). The van der Waals surface area contributed by atoms with Gasteiger partial charge in [0.05, 0.1) is 0 Å². The highest BCUT2D eigenvalue weighted by molar-refractivity contribution is 5.82. The number of carboxylic acids is 2. The molecule has 194 valence electrons. The molecule has 14 nitrogen and oxygen atoms in total. The number of hydrogen-bond acceptors (Lipinski definition) is 8. The van der Waals surface area contributed by atoms with Gasteiger partial charge in [0, 0.05) is 27.7 Å². The Morgan fingerprint density at radius 3 is 1.85 bits per heavy atom. The molecule has 0 aliphatic heterocycles. The zero-order valence-corrected chi connectivity index (χ0v) is 18.8. The molecule has 0 spiro atoms. The average molecular weight is 480 g/mol. The number of rotatable bonds is 12. The third-order valence-corrected chi connectivity index (χ3v) is 3.64. The average Bonchev–Trinajstić information content (AvgIpc) is 2.77. The summed E-state index contributed by atoms with van der Waals surface area (Å²) in [6.45, 7) is 1.07. The van der Waals surface area contributed by atoms with Gasteiger partial charge in [-0.1, -0.05) is 13.8 Å². The number of aliphatic imine (C=N–C) groups is 1. The molecule has 0 aromatic carbocycles. The molecule has 0 bridgehead atoms. The van der Waals surface area contributed by atoms with Gasteiger partial charge in [-0.15, -0.1) is 0 Å². The Morgan fingerprint density at radius 1 is 0.939 bits per heavy atom. The number of hydrogen-bond donors (Lipinski definition) is 8. The van der Waals surface area contributed by atoms with E-state index in [1.54, 1.807) is 0 Å². The van der Waals surface area contributed by atoms with Gasteiger partial charge >= 0.3 is 24.0 Å². The first-order chi connectivity index (χ1) is 15.1. The molecule has 0 saturated carbocycles. The molecule has 0 aromatic rings. The van der Waals surface area contributed by atoms with Gasteiger partial charge in [0.2, 0.25) is 6.08 Å². The lowest BCUT2D eigenvalue weighted by atomic mass is 10.1. The van der Waals surface area contributed by atoms with Crippen LogP contribution in [0.3, 0.4) is 0 Å². The number of nitrogens with one attached hydrogen (secondary N) is 4. The highest BCUT2D eigenvalue weighted by Gasteiger charge is 2.18. The highest BCUT2D eigenvalue weighted by Crippen LogP contribution is 2.01. The van der Waals surface area contributed by atoms with Crippen molar-refractivity contribution in [3.8, 4) is 0 Å². The van der Waals surface area contributed by atoms with Gasteiger partial charge in [-0.3, -0.25) is 4.79 Å². The first-order valence-electron chi connectivity index (χ1n) is 9.92. The van der Waals surface area contributed by atoms with Crippen molar-refractivity contribution in [1.29, 1.82) is 0 Å². The van der Waals surface area contributed by atoms with Gasteiger partial charge in [0.1, 0.15) is 12.1 Å². The highest BCUT2D eigenvalue weighted by atomic mass is 16.4. The van der Waals surface area contributed by atoms with Crippen LogP contribution in [0.2, 0.25) is 0 Å². The monoisotopic (exact) mass is 479 g/mol. The largest absolute Gasteiger partial charge is 0.480 e. The molecule has 0 aliphatic carbocycles. The summed E-state index contributed by atoms with van der Waals surface area (Å²) in [6.07, 6.45) is 5.02. The maximum atomic E-state index is 11.0. The van der Waals surface area contributed by atoms with E-state index >= 15 is 0 Å². The van der Waals surface area contributed by atoms with Crippen LogP contribution in [-0.2, 0) is 14.4 Å². The van der Waals surface area contributed by atoms with Crippen LogP contribution in [0.4, 0.5) is 9.59 Å². The fourth-order valence-corrected chi connectivity index (χ4v) is 1.88. The van der Waals surface area contributed by atoms with E-state index in [9.17, 15) is 19.2 Å². The smallest absolute Gasteiger partial charge is 0.326 e. The van der Waals surface area contributed by atoms with E-state index in [1.165, 1.54) is 27.2 Å². The molecule has 0 heterocycles. The summed E-state index contributed by atoms with van der Waals surface area (Å²) in [5, 5.41) is 26.8. The van der Waals surface area contributed by atoms with Crippen molar-refractivity contribution >= 4 is 30.1 Å². The molecular formula is C19H41N7O7. The summed E-state index contributed by atoms with van der Waals surface area (Å²) >= 11 is 0. The Balaban J connectivity index is -0.000000236. The number of amides is 4. The molecule has 33 heavy (non-hydrogen) atoms. The van der Waals surface area contributed by atoms with Crippen molar-refractivity contribution < 1.29 is 34.2 Å². The van der Waals surface area contributed by atoms with Crippen molar-refractivity contribution in [2.24, 2.45) is 16.5 Å². The molecule has 0 aromatic heterocycles. The molecule has 10 N–H and O–H groups in total. The van der Waals surface area contributed by atoms with E-state index in [1.807, 2.05) is 0 Å². The Morgan fingerprint density at radius 2 is 1.45 bits per heavy atom. The van der Waals surface area contributed by atoms with Gasteiger partial charge in [0.15, 0.2) is 0 Å². The van der Waals surface area contributed by atoms with E-state index < -0.39 is 30.1 Å². The van der Waals surface area contributed by atoms with Crippen molar-refractivity contribution in [3.05, 3.63) is 0 Å². The van der Waals surface area contributed by atoms with Crippen LogP contribution >= 0.6 is 0 Å². The quantitative estimate of drug-likeness (QED) is 0.103. The fourth-order valence-electron chi connectivity index (χ4n) is 1.88. The number of aliphatic carboxylic acids is 2. The second-order valence-corrected chi connectivity index (χ2v) is 6.16. The number of unbranched alkanes of at least 4 members (excludes halogenated alkanes) is 2. The van der Waals surface area contributed by atoms with Gasteiger partial charge < -0.3 is 42.9 Å². The fraction of sp³-hybridized carbons (Fsp3) is 0.737. The topological polar surface area (TPSA) is 238 Å². The van der Waals surface area contributed by atoms with E-state index in [2.05, 4.69) is 26.3 Å². The second kappa shape index (κ2) is 26.8. The third kappa shape index (κ3) is 28.8. The summed E-state index contributed by atoms with van der Waals surface area (Å²) < 4.78 is 0. The third-order valence-electron chi connectivity index (χ3n) is 3.64. The number of carbonyl (C=O) groups is 4. The van der Waals surface area contributed by atoms with Crippen LogP contribution in [-0.4, -0.2) is 86.6 Å². The van der Waals surface area contributed by atoms with Crippen LogP contribution in [0, 0.1) is 0 Å². The Bertz CT molecular complexity index is 585. The zero-order chi connectivity index (χ0) is 25.4. The van der Waals surface area contributed by atoms with E-state index in [0.29, 0.717) is 38.8 Å². The number of carbonyl (C=O) groups excluding carboxylic acids is 3. The van der Waals surface area contributed by atoms with Crippen LogP contribution < -0.4 is 32.7 Å². The minimum absolute atomic E-state index is 0. The maximum Gasteiger partial charge on any atom is 0.326 e. The molecule has 2 atom stereocenters. The normalized spacial score (nSPS) is 10.6. The summed E-state index contributed by atoms with van der Waals surface area (Å²) in [5.41, 5.74) is 10.4. The van der Waals surface area contributed by atoms with Gasteiger partial charge in [-0.05, 0) is 38.6 Å². The number of urea groups is 2. The molecule has 14 heteroatoms. The first-order valence-corrected chi connectivity index (χ1v) is 9.92. The van der Waals surface area contributed by atoms with Crippen LogP contribution in [0.1, 0.15) is 46.0 Å². The predicted molar refractivity (Wildman–Crippen MR) is 125 cm³/mol. The zero-order valence-electron chi connectivity index (χ0n) is 18.8. The lowest BCUT2D eigenvalue weighted by molar-refractivity contribution is -0.140. The summed E-state index contributed by atoms with van der Waals surface area (Å²) in [4.78, 5) is 54.6. The first kappa shape index (κ1) is 37.1. The SMILES string of the molecule is C.CN=C=O.CNC(=O)NCCCCC(NC(=O)NC)C(=O)O.NCCCCC(N)C(=O)O. The van der Waals surface area contributed by atoms with Crippen LogP contribution in [0.25, 0.3) is 0 Å². The Labute approximate surface area is 194 Å². The van der Waals surface area contributed by atoms with Crippen molar-refractivity contribution in [3.63, 3.8) is 0 Å². The van der Waals surface area contributed by atoms with Gasteiger partial charge in [-0.2, -0.15) is 0 Å². The van der Waals surface area contributed by atoms with Crippen molar-refractivity contribution in [1.82, 2.24) is 21.3 Å². The summed E-state index contributed by atoms with van der Waals surface area (Å²) in [5.74, 6) is -2.00. The van der Waals surface area contributed by atoms with Crippen molar-refractivity contribution in [2.45, 2.75) is 58.0 Å². The Kier molecular flexibility index (Phi) is 30.2. The lowest BCUT2D eigenvalue weighted by Gasteiger charge is -2.13. The van der Waals surface area contributed by atoms with Gasteiger partial charge in [0.25, 0.3) is 0 Å². The molecule has 2 unspecified atom stereocenters. The van der Waals surface area contributed by atoms with E-state index in [-0.39, 0.29) is 13.5 Å². The van der Waals surface area contributed by atoms with E-state index in [4.69, 9.17) is 26.5 Å². The maximum absolute atomic E-state index is 11.0. The number of nitrogens with two attached hydrogens (primary N) is 2. The predicted octanol–water partition coefficient (Wildman–Crippen LogP) is -0.417. The number of isocyanates is 1. The Hall–Kier alpha value is -3.22. The van der Waals surface area contributed by atoms with E-state index in [0.717, 1.165) is 12.8 Å². The molecule has 4 amide bonds. The lowest BCUT2D eigenvalue weighted by Crippen LogP contribution is -2.44. The van der Waals surface area contributed by atoms with Crippen LogP contribution in [0.15, 0.2) is 4.99 Å². The summed E-state index contributed by atoms with van der Waals surface area (Å²) in [7, 11) is 4.32. The molecule has 0 fully saturated rings. The second-order valence-electron chi connectivity index (χ2n) is 6.16. The molecular weight excluding hydrogens is 438 g/mol. The standard InChI is InChI=1S/C10H20N4O4.C6H14N2O2.C2H3NO.CH4/c1-11-9(17)13-6-4-3-5-7(8(15)16)14-10(18)12-2;7-4-2-1-3-5(8)6(9)10;1-3-2-4;/h7H,3-6H2,1-2H3,(H,15,16)(H2,11,13,17)(H2,12,14,18);5H,1-4,7-8H2,(H,9,10);1H3;1H4. The number of carboxylic acid groups (broad SMARTS) is 2. The number of nitrogens with zero attached hydrogens (tertiary/aromatic N) is 1. The summed E-state index contributed by atoms with van der Waals surface area (Å²) in [6, 6.07) is -2.42. The van der Waals surface area contributed by atoms with Crippen LogP contribution in [0.5, 0.6) is 0 Å². The minimum Gasteiger partial charge on any atom is -0.480 e. The minimum atomic E-state index is -1.07. The van der Waals surface area contributed by atoms with Crippen molar-refractivity contribution in [2.75, 3.05) is 34.2 Å². The molecule has 0 saturated heterocycles. The van der Waals surface area contributed by atoms with Gasteiger partial charge in [-0.25, -0.2) is 24.2 Å². The molecule has 0 radical (unpaired) electrons. The molecule has 0 aliphatic rings.